The van der Waals surface area contributed by atoms with Crippen molar-refractivity contribution in [1.82, 2.24) is 9.97 Å². The molecule has 0 N–H and O–H groups in total. The van der Waals surface area contributed by atoms with Crippen molar-refractivity contribution in [2.24, 2.45) is 0 Å². The Morgan fingerprint density at radius 3 is 3.14 bits per heavy atom. The number of benzene rings is 1. The van der Waals surface area contributed by atoms with Crippen molar-refractivity contribution in [3.8, 4) is 0 Å². The summed E-state index contributed by atoms with van der Waals surface area (Å²) >= 11 is 6.06. The molecule has 0 saturated carbocycles. The minimum absolute atomic E-state index is 0.327. The second kappa shape index (κ2) is 4.99. The van der Waals surface area contributed by atoms with E-state index in [4.69, 9.17) is 11.6 Å². The molecule has 1 aromatic carbocycles. The third-order valence-electron chi connectivity index (χ3n) is 4.70. The normalized spacial score (nSPS) is 19.7. The monoisotopic (exact) mass is 299 g/mol. The summed E-state index contributed by atoms with van der Waals surface area (Å²) in [6.07, 6.45) is 5.26. The van der Waals surface area contributed by atoms with Gasteiger partial charge in [-0.3, -0.25) is 0 Å². The lowest BCUT2D eigenvalue weighted by Crippen LogP contribution is -2.27. The standard InChI is InChI=1S/C17H18ClN3/c1-2-11-9-19-17(18)20-15(11)14-10-21-8-4-6-12-5-3-7-13(14)16(12)21/h3,5,7,9,14H,2,4,6,8,10H2,1H3. The van der Waals surface area contributed by atoms with Crippen LogP contribution in [0.25, 0.3) is 0 Å². The predicted molar refractivity (Wildman–Crippen MR) is 85.2 cm³/mol. The van der Waals surface area contributed by atoms with Crippen LogP contribution in [0.5, 0.6) is 0 Å². The molecule has 0 fully saturated rings. The fourth-order valence-corrected chi connectivity index (χ4v) is 3.90. The Bertz CT molecular complexity index is 698. The smallest absolute Gasteiger partial charge is 0.222 e. The summed E-state index contributed by atoms with van der Waals surface area (Å²) in [5, 5.41) is 0.355. The highest BCUT2D eigenvalue weighted by atomic mass is 35.5. The zero-order valence-electron chi connectivity index (χ0n) is 12.1. The van der Waals surface area contributed by atoms with Gasteiger partial charge >= 0.3 is 0 Å². The fourth-order valence-electron chi connectivity index (χ4n) is 3.76. The second-order valence-electron chi connectivity index (χ2n) is 5.86. The van der Waals surface area contributed by atoms with Crippen LogP contribution in [-0.2, 0) is 12.8 Å². The lowest BCUT2D eigenvalue weighted by Gasteiger charge is -2.26. The molecule has 4 rings (SSSR count). The quantitative estimate of drug-likeness (QED) is 0.794. The molecule has 3 nitrogen and oxygen atoms in total. The molecular weight excluding hydrogens is 282 g/mol. The molecule has 108 valence electrons. The molecule has 21 heavy (non-hydrogen) atoms. The zero-order valence-corrected chi connectivity index (χ0v) is 12.9. The van der Waals surface area contributed by atoms with Crippen molar-refractivity contribution in [3.05, 3.63) is 52.1 Å². The van der Waals surface area contributed by atoms with Gasteiger partial charge < -0.3 is 4.90 Å². The van der Waals surface area contributed by atoms with Gasteiger partial charge in [0.2, 0.25) is 5.28 Å². The first-order chi connectivity index (χ1) is 10.3. The van der Waals surface area contributed by atoms with Gasteiger partial charge in [-0.05, 0) is 47.6 Å². The molecule has 2 aromatic rings. The van der Waals surface area contributed by atoms with Gasteiger partial charge in [0.15, 0.2) is 0 Å². The molecule has 0 aliphatic carbocycles. The fraction of sp³-hybridized carbons (Fsp3) is 0.412. The predicted octanol–water partition coefficient (Wildman–Crippen LogP) is 3.59. The minimum atomic E-state index is 0.327. The zero-order chi connectivity index (χ0) is 14.4. The Morgan fingerprint density at radius 2 is 2.29 bits per heavy atom. The lowest BCUT2D eigenvalue weighted by molar-refractivity contribution is 0.689. The lowest BCUT2D eigenvalue weighted by atomic mass is 9.92. The topological polar surface area (TPSA) is 29.0 Å². The van der Waals surface area contributed by atoms with E-state index in [9.17, 15) is 0 Å². The van der Waals surface area contributed by atoms with Gasteiger partial charge in [-0.25, -0.2) is 9.97 Å². The summed E-state index contributed by atoms with van der Waals surface area (Å²) in [6, 6.07) is 6.70. The molecule has 1 aromatic heterocycles. The molecule has 4 heteroatoms. The molecule has 1 atom stereocenters. The summed E-state index contributed by atoms with van der Waals surface area (Å²) in [5.74, 6) is 0.327. The Balaban J connectivity index is 1.86. The second-order valence-corrected chi connectivity index (χ2v) is 6.20. The summed E-state index contributed by atoms with van der Waals surface area (Å²) < 4.78 is 0. The van der Waals surface area contributed by atoms with Gasteiger partial charge in [-0.1, -0.05) is 25.1 Å². The van der Waals surface area contributed by atoms with E-state index in [1.54, 1.807) is 0 Å². The Hall–Kier alpha value is -1.61. The van der Waals surface area contributed by atoms with E-state index in [1.165, 1.54) is 35.2 Å². The number of para-hydroxylation sites is 1. The number of aromatic nitrogens is 2. The van der Waals surface area contributed by atoms with Crippen LogP contribution in [0.1, 0.15) is 41.6 Å². The Kier molecular flexibility index (Phi) is 3.11. The van der Waals surface area contributed by atoms with Crippen molar-refractivity contribution < 1.29 is 0 Å². The van der Waals surface area contributed by atoms with Crippen LogP contribution in [0.2, 0.25) is 5.28 Å². The van der Waals surface area contributed by atoms with Gasteiger partial charge in [0.1, 0.15) is 0 Å². The van der Waals surface area contributed by atoms with Crippen molar-refractivity contribution in [1.29, 1.82) is 0 Å². The average molecular weight is 300 g/mol. The van der Waals surface area contributed by atoms with Crippen LogP contribution in [0.15, 0.2) is 24.4 Å². The summed E-state index contributed by atoms with van der Waals surface area (Å²) in [4.78, 5) is 11.2. The van der Waals surface area contributed by atoms with Crippen LogP contribution in [0.3, 0.4) is 0 Å². The molecule has 0 bridgehead atoms. The maximum Gasteiger partial charge on any atom is 0.222 e. The average Bonchev–Trinajstić information content (AvgIpc) is 2.89. The molecule has 0 amide bonds. The van der Waals surface area contributed by atoms with E-state index in [2.05, 4.69) is 40.0 Å². The number of hydrogen-bond donors (Lipinski definition) is 0. The minimum Gasteiger partial charge on any atom is -0.370 e. The van der Waals surface area contributed by atoms with Crippen molar-refractivity contribution >= 4 is 17.3 Å². The van der Waals surface area contributed by atoms with Gasteiger partial charge in [0.05, 0.1) is 5.69 Å². The maximum absolute atomic E-state index is 6.06. The molecule has 0 spiro atoms. The molecule has 0 radical (unpaired) electrons. The SMILES string of the molecule is CCc1cnc(Cl)nc1C1CN2CCCc3cccc1c32. The van der Waals surface area contributed by atoms with Gasteiger partial charge in [-0.15, -0.1) is 0 Å². The van der Waals surface area contributed by atoms with Crippen molar-refractivity contribution in [3.63, 3.8) is 0 Å². The Labute approximate surface area is 130 Å². The van der Waals surface area contributed by atoms with Gasteiger partial charge in [0.25, 0.3) is 0 Å². The van der Waals surface area contributed by atoms with Crippen LogP contribution in [0, 0.1) is 0 Å². The summed E-state index contributed by atoms with van der Waals surface area (Å²) in [6.45, 7) is 4.33. The summed E-state index contributed by atoms with van der Waals surface area (Å²) in [7, 11) is 0. The number of hydrogen-bond acceptors (Lipinski definition) is 3. The van der Waals surface area contributed by atoms with E-state index in [0.717, 1.165) is 25.2 Å². The number of aryl methyl sites for hydroxylation is 2. The van der Waals surface area contributed by atoms with Crippen LogP contribution in [0.4, 0.5) is 5.69 Å². The van der Waals surface area contributed by atoms with E-state index < -0.39 is 0 Å². The third kappa shape index (κ3) is 2.03. The first-order valence-electron chi connectivity index (χ1n) is 7.66. The number of nitrogens with zero attached hydrogens (tertiary/aromatic N) is 3. The van der Waals surface area contributed by atoms with Gasteiger partial charge in [-0.2, -0.15) is 0 Å². The molecule has 0 saturated heterocycles. The highest BCUT2D eigenvalue weighted by Gasteiger charge is 2.35. The number of halogens is 1. The first-order valence-corrected chi connectivity index (χ1v) is 8.03. The van der Waals surface area contributed by atoms with Crippen LogP contribution in [-0.4, -0.2) is 23.1 Å². The maximum atomic E-state index is 6.06. The molecule has 1 unspecified atom stereocenters. The first kappa shape index (κ1) is 13.1. The number of anilines is 1. The highest BCUT2D eigenvalue weighted by Crippen LogP contribution is 2.44. The van der Waals surface area contributed by atoms with Crippen LogP contribution >= 0.6 is 11.6 Å². The Morgan fingerprint density at radius 1 is 1.38 bits per heavy atom. The van der Waals surface area contributed by atoms with Crippen LogP contribution < -0.4 is 4.90 Å². The third-order valence-corrected chi connectivity index (χ3v) is 4.88. The molecule has 2 aliphatic heterocycles. The molecule has 2 aliphatic rings. The summed E-state index contributed by atoms with van der Waals surface area (Å²) in [5.41, 5.74) is 6.67. The molecule has 3 heterocycles. The van der Waals surface area contributed by atoms with E-state index in [1.807, 2.05) is 6.20 Å². The van der Waals surface area contributed by atoms with E-state index in [0.29, 0.717) is 11.2 Å². The van der Waals surface area contributed by atoms with Crippen molar-refractivity contribution in [2.45, 2.75) is 32.1 Å². The number of rotatable bonds is 2. The van der Waals surface area contributed by atoms with E-state index >= 15 is 0 Å². The largest absolute Gasteiger partial charge is 0.370 e. The van der Waals surface area contributed by atoms with Gasteiger partial charge in [0, 0.05) is 30.9 Å². The van der Waals surface area contributed by atoms with E-state index in [-0.39, 0.29) is 0 Å². The molecular formula is C17H18ClN3. The van der Waals surface area contributed by atoms with Crippen molar-refractivity contribution in [2.75, 3.05) is 18.0 Å². The highest BCUT2D eigenvalue weighted by molar-refractivity contribution is 6.28.